The number of amides is 1. The number of hydrogen-bond acceptors (Lipinski definition) is 4. The number of carbonyl (C=O) groups excluding carboxylic acids is 2. The van der Waals surface area contributed by atoms with E-state index in [2.05, 4.69) is 0 Å². The Morgan fingerprint density at radius 2 is 2.12 bits per heavy atom. The van der Waals surface area contributed by atoms with Crippen LogP contribution < -0.4 is 0 Å². The normalized spacial score (nSPS) is 17.1. The number of nitrogens with zero attached hydrogens (tertiary/aromatic N) is 1. The molecule has 2 heterocycles. The second-order valence-corrected chi connectivity index (χ2v) is 7.72. The van der Waals surface area contributed by atoms with Gasteiger partial charge < -0.3 is 9.64 Å². The molecule has 1 atom stereocenters. The van der Waals surface area contributed by atoms with Crippen LogP contribution in [0.1, 0.15) is 52.6 Å². The molecule has 3 rings (SSSR count). The molecule has 26 heavy (non-hydrogen) atoms. The van der Waals surface area contributed by atoms with Gasteiger partial charge in [0, 0.05) is 31.3 Å². The first-order valence-electron chi connectivity index (χ1n) is 9.12. The van der Waals surface area contributed by atoms with Crippen molar-refractivity contribution in [2.45, 2.75) is 38.7 Å². The van der Waals surface area contributed by atoms with E-state index in [1.165, 1.54) is 17.8 Å². The maximum Gasteiger partial charge on any atom is 0.253 e. The molecule has 4 nitrogen and oxygen atoms in total. The minimum Gasteiger partial charge on any atom is -0.378 e. The average Bonchev–Trinajstić information content (AvgIpc) is 3.16. The first kappa shape index (κ1) is 18.8. The lowest BCUT2D eigenvalue weighted by molar-refractivity contribution is 0.00709. The Morgan fingerprint density at radius 1 is 1.27 bits per heavy atom. The molecule has 1 aromatic carbocycles. The maximum absolute atomic E-state index is 12.8. The van der Waals surface area contributed by atoms with Gasteiger partial charge in [0.15, 0.2) is 5.78 Å². The Hall–Kier alpha value is -1.98. The zero-order valence-electron chi connectivity index (χ0n) is 15.4. The van der Waals surface area contributed by atoms with Gasteiger partial charge in [-0.15, -0.1) is 11.3 Å². The Kier molecular flexibility index (Phi) is 6.22. The molecule has 0 spiro atoms. The summed E-state index contributed by atoms with van der Waals surface area (Å²) in [6, 6.07) is 9.47. The molecule has 0 bridgehead atoms. The van der Waals surface area contributed by atoms with E-state index in [-0.39, 0.29) is 17.8 Å². The van der Waals surface area contributed by atoms with E-state index in [0.29, 0.717) is 12.1 Å². The molecule has 0 unspecified atom stereocenters. The van der Waals surface area contributed by atoms with Gasteiger partial charge in [-0.05, 0) is 61.7 Å². The Bertz CT molecular complexity index is 777. The van der Waals surface area contributed by atoms with Gasteiger partial charge in [0.05, 0.1) is 11.0 Å². The number of Topliss-reactive ketones (excluding diaryl/α,β-unsaturated/α-hetero) is 1. The van der Waals surface area contributed by atoms with Gasteiger partial charge >= 0.3 is 0 Å². The summed E-state index contributed by atoms with van der Waals surface area (Å²) < 4.78 is 5.75. The van der Waals surface area contributed by atoms with Crippen molar-refractivity contribution >= 4 is 23.0 Å². The van der Waals surface area contributed by atoms with Gasteiger partial charge in [0.25, 0.3) is 5.91 Å². The topological polar surface area (TPSA) is 46.6 Å². The Balaban J connectivity index is 1.69. The number of benzene rings is 1. The van der Waals surface area contributed by atoms with E-state index in [9.17, 15) is 9.59 Å². The summed E-state index contributed by atoms with van der Waals surface area (Å²) in [7, 11) is 1.84. The fourth-order valence-electron chi connectivity index (χ4n) is 3.32. The zero-order chi connectivity index (χ0) is 18.5. The highest BCUT2D eigenvalue weighted by molar-refractivity contribution is 7.12. The second-order valence-electron chi connectivity index (χ2n) is 6.80. The monoisotopic (exact) mass is 371 g/mol. The lowest BCUT2D eigenvalue weighted by Crippen LogP contribution is -2.31. The molecule has 0 N–H and O–H groups in total. The number of hydrogen-bond donors (Lipinski definition) is 0. The third-order valence-electron chi connectivity index (χ3n) is 4.81. The Labute approximate surface area is 158 Å². The lowest BCUT2D eigenvalue weighted by Gasteiger charge is -2.25. The molecule has 1 saturated heterocycles. The van der Waals surface area contributed by atoms with Crippen LogP contribution in [0, 0.1) is 0 Å². The molecule has 0 aliphatic carbocycles. The predicted molar refractivity (Wildman–Crippen MR) is 105 cm³/mol. The largest absolute Gasteiger partial charge is 0.378 e. The number of ketones is 1. The van der Waals surface area contributed by atoms with Gasteiger partial charge in [0.2, 0.25) is 0 Å². The van der Waals surface area contributed by atoms with Gasteiger partial charge in [-0.2, -0.15) is 0 Å². The van der Waals surface area contributed by atoms with Crippen LogP contribution in [0.4, 0.5) is 0 Å². The molecular formula is C21H25NO3S. The summed E-state index contributed by atoms with van der Waals surface area (Å²) in [6.45, 7) is 3.10. The second kappa shape index (κ2) is 8.60. The molecule has 0 radical (unpaired) electrons. The standard InChI is InChI=1S/C21H25NO3S/c1-15(23)20-19(10-13-26-20)16-6-5-7-17(14-16)21(24)22(2)11-9-18-8-3-4-12-25-18/h5-7,10,13-14,18H,3-4,8-9,11-12H2,1-2H3/t18-/m0/s1. The highest BCUT2D eigenvalue weighted by Gasteiger charge is 2.18. The van der Waals surface area contributed by atoms with Crippen LogP contribution in [0.2, 0.25) is 0 Å². The molecule has 2 aromatic rings. The van der Waals surface area contributed by atoms with Crippen molar-refractivity contribution in [1.82, 2.24) is 4.90 Å². The van der Waals surface area contributed by atoms with E-state index < -0.39 is 0 Å². The van der Waals surface area contributed by atoms with Crippen molar-refractivity contribution in [3.05, 3.63) is 46.2 Å². The van der Waals surface area contributed by atoms with E-state index in [1.54, 1.807) is 11.8 Å². The number of ether oxygens (including phenoxy) is 1. The van der Waals surface area contributed by atoms with Gasteiger partial charge in [-0.3, -0.25) is 9.59 Å². The highest BCUT2D eigenvalue weighted by atomic mass is 32.1. The minimum atomic E-state index is 0.00210. The molecule has 1 fully saturated rings. The zero-order valence-corrected chi connectivity index (χ0v) is 16.2. The SMILES string of the molecule is CC(=O)c1sccc1-c1cccc(C(=O)N(C)CC[C@@H]2CCCCO2)c1. The first-order chi connectivity index (χ1) is 12.6. The number of thiophene rings is 1. The van der Waals surface area contributed by atoms with Crippen LogP contribution in [0.5, 0.6) is 0 Å². The van der Waals surface area contributed by atoms with Crippen molar-refractivity contribution in [3.8, 4) is 11.1 Å². The van der Waals surface area contributed by atoms with E-state index >= 15 is 0 Å². The molecule has 1 aliphatic heterocycles. The van der Waals surface area contributed by atoms with E-state index in [4.69, 9.17) is 4.74 Å². The molecule has 5 heteroatoms. The van der Waals surface area contributed by atoms with Crippen LogP contribution in [-0.4, -0.2) is 42.9 Å². The minimum absolute atomic E-state index is 0.00210. The maximum atomic E-state index is 12.8. The third kappa shape index (κ3) is 4.40. The van der Waals surface area contributed by atoms with Crippen molar-refractivity contribution in [2.24, 2.45) is 0 Å². The van der Waals surface area contributed by atoms with Crippen LogP contribution >= 0.6 is 11.3 Å². The lowest BCUT2D eigenvalue weighted by atomic mass is 10.0. The summed E-state index contributed by atoms with van der Waals surface area (Å²) >= 11 is 1.44. The summed E-state index contributed by atoms with van der Waals surface area (Å²) in [4.78, 5) is 27.1. The van der Waals surface area contributed by atoms with Gasteiger partial charge in [0.1, 0.15) is 0 Å². The summed E-state index contributed by atoms with van der Waals surface area (Å²) in [5.74, 6) is 0.0543. The van der Waals surface area contributed by atoms with Crippen molar-refractivity contribution in [1.29, 1.82) is 0 Å². The quantitative estimate of drug-likeness (QED) is 0.695. The van der Waals surface area contributed by atoms with Crippen LogP contribution in [0.3, 0.4) is 0 Å². The van der Waals surface area contributed by atoms with Gasteiger partial charge in [-0.1, -0.05) is 12.1 Å². The predicted octanol–water partition coefficient (Wildman–Crippen LogP) is 4.65. The van der Waals surface area contributed by atoms with E-state index in [1.807, 2.05) is 42.8 Å². The highest BCUT2D eigenvalue weighted by Crippen LogP contribution is 2.29. The fourth-order valence-corrected chi connectivity index (χ4v) is 4.14. The number of carbonyl (C=O) groups is 2. The molecule has 138 valence electrons. The smallest absolute Gasteiger partial charge is 0.253 e. The van der Waals surface area contributed by atoms with Crippen molar-refractivity contribution < 1.29 is 14.3 Å². The van der Waals surface area contributed by atoms with E-state index in [0.717, 1.165) is 41.9 Å². The molecule has 1 aromatic heterocycles. The van der Waals surface area contributed by atoms with Crippen molar-refractivity contribution in [3.63, 3.8) is 0 Å². The van der Waals surface area contributed by atoms with Crippen molar-refractivity contribution in [2.75, 3.05) is 20.2 Å². The third-order valence-corrected chi connectivity index (χ3v) is 5.83. The Morgan fingerprint density at radius 3 is 2.85 bits per heavy atom. The number of rotatable bonds is 6. The average molecular weight is 372 g/mol. The van der Waals surface area contributed by atoms with Gasteiger partial charge in [-0.25, -0.2) is 0 Å². The molecule has 1 amide bonds. The summed E-state index contributed by atoms with van der Waals surface area (Å²) in [5.41, 5.74) is 2.46. The molecule has 0 saturated carbocycles. The van der Waals surface area contributed by atoms with Crippen LogP contribution in [0.15, 0.2) is 35.7 Å². The summed E-state index contributed by atoms with van der Waals surface area (Å²) in [6.07, 6.45) is 4.59. The molecular weight excluding hydrogens is 346 g/mol. The first-order valence-corrected chi connectivity index (χ1v) is 10.00. The van der Waals surface area contributed by atoms with Crippen LogP contribution in [0.25, 0.3) is 11.1 Å². The summed E-state index contributed by atoms with van der Waals surface area (Å²) in [5, 5.41) is 1.91. The van der Waals surface area contributed by atoms with Crippen LogP contribution in [-0.2, 0) is 4.74 Å². The fraction of sp³-hybridized carbons (Fsp3) is 0.429. The molecule has 1 aliphatic rings.